The van der Waals surface area contributed by atoms with Gasteiger partial charge in [0, 0.05) is 6.61 Å². The number of hydrogen-bond donors (Lipinski definition) is 0. The first-order chi connectivity index (χ1) is 8.90. The Morgan fingerprint density at radius 3 is 2.17 bits per heavy atom. The van der Waals surface area contributed by atoms with Crippen LogP contribution in [0.5, 0.6) is 0 Å². The van der Waals surface area contributed by atoms with Gasteiger partial charge in [-0.1, -0.05) is 50.2 Å². The summed E-state index contributed by atoms with van der Waals surface area (Å²) < 4.78 is 5.45. The maximum atomic E-state index is 5.45. The lowest BCUT2D eigenvalue weighted by Gasteiger charge is -2.27. The van der Waals surface area contributed by atoms with Crippen molar-refractivity contribution >= 4 is 10.5 Å². The summed E-state index contributed by atoms with van der Waals surface area (Å²) in [5, 5.41) is 0. The smallest absolute Gasteiger partial charge is 0.145 e. The van der Waals surface area contributed by atoms with E-state index in [-0.39, 0.29) is 0 Å². The monoisotopic (exact) mass is 266 g/mol. The summed E-state index contributed by atoms with van der Waals surface area (Å²) in [5.74, 6) is 1.79. The topological polar surface area (TPSA) is 9.23 Å². The van der Waals surface area contributed by atoms with Crippen LogP contribution in [0.4, 0.5) is 0 Å². The minimum Gasteiger partial charge on any atom is -0.428 e. The van der Waals surface area contributed by atoms with E-state index in [1.54, 1.807) is 5.57 Å². The predicted octanol–water partition coefficient (Wildman–Crippen LogP) is 3.76. The van der Waals surface area contributed by atoms with Crippen molar-refractivity contribution in [1.29, 1.82) is 0 Å². The normalized spacial score (nSPS) is 24.6. The van der Waals surface area contributed by atoms with Crippen LogP contribution >= 0.6 is 0 Å². The Balaban J connectivity index is 1.95. The fourth-order valence-corrected chi connectivity index (χ4v) is 3.92. The maximum Gasteiger partial charge on any atom is 0.145 e. The molecule has 1 nitrogen and oxygen atoms in total. The van der Waals surface area contributed by atoms with Crippen LogP contribution in [0.2, 0.25) is 0 Å². The molecular formula is C16H30OSi. The fourth-order valence-electron chi connectivity index (χ4n) is 3.72. The minimum atomic E-state index is 0.893. The molecule has 2 rings (SSSR count). The van der Waals surface area contributed by atoms with Gasteiger partial charge >= 0.3 is 0 Å². The summed E-state index contributed by atoms with van der Waals surface area (Å²) in [6.07, 6.45) is 18.4. The van der Waals surface area contributed by atoms with Gasteiger partial charge in [0.2, 0.25) is 0 Å². The van der Waals surface area contributed by atoms with Gasteiger partial charge in [0.15, 0.2) is 0 Å². The zero-order chi connectivity index (χ0) is 12.6. The fraction of sp³-hybridized carbons (Fsp3) is 0.875. The van der Waals surface area contributed by atoms with E-state index in [1.165, 1.54) is 70.6 Å². The number of allylic oxidation sites excluding steroid dienone is 1. The van der Waals surface area contributed by atoms with Crippen molar-refractivity contribution in [2.45, 2.75) is 70.6 Å². The molecule has 0 spiro atoms. The van der Waals surface area contributed by atoms with Crippen molar-refractivity contribution in [3.63, 3.8) is 0 Å². The summed E-state index contributed by atoms with van der Waals surface area (Å²) >= 11 is 0. The molecule has 0 saturated heterocycles. The second-order valence-corrected chi connectivity index (χ2v) is 6.79. The number of rotatable bonds is 5. The Morgan fingerprint density at radius 1 is 0.944 bits per heavy atom. The predicted molar refractivity (Wildman–Crippen MR) is 81.7 cm³/mol. The van der Waals surface area contributed by atoms with Crippen LogP contribution in [-0.2, 0) is 4.43 Å². The first kappa shape index (κ1) is 14.3. The lowest BCUT2D eigenvalue weighted by atomic mass is 9.79. The number of hydrogen-bond acceptors (Lipinski definition) is 1. The molecule has 0 aromatic heterocycles. The van der Waals surface area contributed by atoms with Gasteiger partial charge in [-0.15, -0.1) is 0 Å². The summed E-state index contributed by atoms with van der Waals surface area (Å²) in [6.45, 7) is 0.973. The highest BCUT2D eigenvalue weighted by Crippen LogP contribution is 2.34. The largest absolute Gasteiger partial charge is 0.428 e. The molecular weight excluding hydrogens is 236 g/mol. The van der Waals surface area contributed by atoms with Gasteiger partial charge in [-0.25, -0.2) is 0 Å². The van der Waals surface area contributed by atoms with E-state index >= 15 is 0 Å². The van der Waals surface area contributed by atoms with Gasteiger partial charge in [0.05, 0.1) is 0 Å². The standard InChI is InChI=1S/C16H30OSi/c18-17-12-11-16(15-9-5-2-6-10-15)13-14-7-3-1-4-8-14/h13-15H,1-12H2,18H3. The van der Waals surface area contributed by atoms with Gasteiger partial charge in [0.25, 0.3) is 0 Å². The Hall–Kier alpha value is -0.0831. The van der Waals surface area contributed by atoms with Crippen molar-refractivity contribution < 1.29 is 4.43 Å². The first-order valence-corrected chi connectivity index (χ1v) is 8.91. The third-order valence-electron chi connectivity index (χ3n) is 4.82. The SMILES string of the molecule is [SiH3]OCCC(=CC1CCCCC1)C1CCCCC1. The molecule has 0 amide bonds. The zero-order valence-corrected chi connectivity index (χ0v) is 14.1. The molecule has 2 heteroatoms. The molecule has 104 valence electrons. The Bertz CT molecular complexity index is 250. The molecule has 2 saturated carbocycles. The molecule has 0 aromatic rings. The lowest BCUT2D eigenvalue weighted by Crippen LogP contribution is -2.13. The molecule has 18 heavy (non-hydrogen) atoms. The average Bonchev–Trinajstić information content (AvgIpc) is 2.45. The average molecular weight is 267 g/mol. The van der Waals surface area contributed by atoms with Crippen LogP contribution in [0.3, 0.4) is 0 Å². The van der Waals surface area contributed by atoms with Gasteiger partial charge < -0.3 is 4.43 Å². The van der Waals surface area contributed by atoms with Crippen molar-refractivity contribution in [3.8, 4) is 0 Å². The molecule has 2 aliphatic carbocycles. The molecule has 0 bridgehead atoms. The summed E-state index contributed by atoms with van der Waals surface area (Å²) in [6, 6.07) is 0. The van der Waals surface area contributed by atoms with E-state index in [9.17, 15) is 0 Å². The van der Waals surface area contributed by atoms with Gasteiger partial charge in [-0.05, 0) is 43.9 Å². The van der Waals surface area contributed by atoms with Crippen LogP contribution in [0.15, 0.2) is 11.6 Å². The van der Waals surface area contributed by atoms with Crippen LogP contribution in [0.1, 0.15) is 70.6 Å². The third kappa shape index (κ3) is 4.54. The lowest BCUT2D eigenvalue weighted by molar-refractivity contribution is 0.326. The molecule has 2 fully saturated rings. The molecule has 0 aromatic carbocycles. The second kappa shape index (κ2) is 8.16. The van der Waals surface area contributed by atoms with Crippen LogP contribution in [-0.4, -0.2) is 17.1 Å². The third-order valence-corrected chi connectivity index (χ3v) is 5.23. The van der Waals surface area contributed by atoms with Gasteiger partial charge in [-0.2, -0.15) is 0 Å². The van der Waals surface area contributed by atoms with Crippen molar-refractivity contribution in [2.75, 3.05) is 6.61 Å². The second-order valence-electron chi connectivity index (χ2n) is 6.22. The van der Waals surface area contributed by atoms with Crippen molar-refractivity contribution in [3.05, 3.63) is 11.6 Å². The maximum absolute atomic E-state index is 5.45. The highest BCUT2D eigenvalue weighted by Gasteiger charge is 2.19. The highest BCUT2D eigenvalue weighted by molar-refractivity contribution is 5.97. The molecule has 0 atom stereocenters. The van der Waals surface area contributed by atoms with E-state index in [2.05, 4.69) is 6.08 Å². The highest BCUT2D eigenvalue weighted by atomic mass is 28.2. The van der Waals surface area contributed by atoms with E-state index < -0.39 is 0 Å². The summed E-state index contributed by atoms with van der Waals surface area (Å²) in [7, 11) is 0.894. The van der Waals surface area contributed by atoms with Gasteiger partial charge in [-0.3, -0.25) is 0 Å². The molecule has 0 aliphatic heterocycles. The first-order valence-electron chi connectivity index (χ1n) is 8.09. The molecule has 0 unspecified atom stereocenters. The van der Waals surface area contributed by atoms with Crippen LogP contribution in [0, 0.1) is 11.8 Å². The van der Waals surface area contributed by atoms with E-state index in [1.807, 2.05) is 0 Å². The Morgan fingerprint density at radius 2 is 1.56 bits per heavy atom. The zero-order valence-electron chi connectivity index (χ0n) is 12.1. The van der Waals surface area contributed by atoms with Crippen molar-refractivity contribution in [1.82, 2.24) is 0 Å². The summed E-state index contributed by atoms with van der Waals surface area (Å²) in [5.41, 5.74) is 1.76. The summed E-state index contributed by atoms with van der Waals surface area (Å²) in [4.78, 5) is 0. The minimum absolute atomic E-state index is 0.893. The van der Waals surface area contributed by atoms with E-state index in [0.29, 0.717) is 0 Å². The molecule has 0 radical (unpaired) electrons. The van der Waals surface area contributed by atoms with E-state index in [0.717, 1.165) is 28.9 Å². The quantitative estimate of drug-likeness (QED) is 0.544. The molecule has 0 N–H and O–H groups in total. The Kier molecular flexibility index (Phi) is 6.50. The van der Waals surface area contributed by atoms with Crippen molar-refractivity contribution in [2.24, 2.45) is 11.8 Å². The van der Waals surface area contributed by atoms with Crippen LogP contribution < -0.4 is 0 Å². The molecule has 0 heterocycles. The van der Waals surface area contributed by atoms with E-state index in [4.69, 9.17) is 4.43 Å². The molecule has 2 aliphatic rings. The van der Waals surface area contributed by atoms with Crippen LogP contribution in [0.25, 0.3) is 0 Å². The Labute approximate surface area is 116 Å². The van der Waals surface area contributed by atoms with Gasteiger partial charge in [0.1, 0.15) is 10.5 Å².